The summed E-state index contributed by atoms with van der Waals surface area (Å²) in [5.74, 6) is 0.232. The summed E-state index contributed by atoms with van der Waals surface area (Å²) in [6.07, 6.45) is -2.28. The highest BCUT2D eigenvalue weighted by molar-refractivity contribution is 6.31. The minimum absolute atomic E-state index is 0.168. The van der Waals surface area contributed by atoms with Crippen molar-refractivity contribution in [1.29, 1.82) is 0 Å². The molecule has 0 radical (unpaired) electrons. The molecular weight excluding hydrogens is 343 g/mol. The normalized spacial score (nSPS) is 24.1. The number of rotatable bonds is 4. The Morgan fingerprint density at radius 1 is 1.17 bits per heavy atom. The number of nitrogens with one attached hydrogen (secondary N) is 1. The highest BCUT2D eigenvalue weighted by atomic mass is 35.5. The Morgan fingerprint density at radius 3 is 2.54 bits per heavy atom. The van der Waals surface area contributed by atoms with Crippen LogP contribution in [0, 0.1) is 11.8 Å². The Morgan fingerprint density at radius 2 is 1.92 bits per heavy atom. The van der Waals surface area contributed by atoms with Crippen molar-refractivity contribution >= 4 is 11.6 Å². The highest BCUT2D eigenvalue weighted by Gasteiger charge is 2.40. The standard InChI is InChI=1S/C17H21ClF3NO2/c18-13-2-1-3-14(15(13)17(19,20)21)24-16(12-4-7-22-10-12)11-5-8-23-9-6-11/h1-3,11-12,16,22H,4-10H2/t12-,16-/m1/s1. The van der Waals surface area contributed by atoms with Gasteiger partial charge < -0.3 is 14.8 Å². The molecule has 3 nitrogen and oxygen atoms in total. The lowest BCUT2D eigenvalue weighted by molar-refractivity contribution is -0.139. The van der Waals surface area contributed by atoms with Gasteiger partial charge in [-0.2, -0.15) is 13.2 Å². The van der Waals surface area contributed by atoms with E-state index in [1.54, 1.807) is 0 Å². The smallest absolute Gasteiger partial charge is 0.421 e. The van der Waals surface area contributed by atoms with Gasteiger partial charge in [0.1, 0.15) is 17.4 Å². The van der Waals surface area contributed by atoms with E-state index in [2.05, 4.69) is 5.32 Å². The van der Waals surface area contributed by atoms with E-state index in [4.69, 9.17) is 21.1 Å². The van der Waals surface area contributed by atoms with Crippen molar-refractivity contribution < 1.29 is 22.6 Å². The van der Waals surface area contributed by atoms with Gasteiger partial charge in [-0.3, -0.25) is 0 Å². The van der Waals surface area contributed by atoms with Gasteiger partial charge in [0.15, 0.2) is 0 Å². The molecule has 2 heterocycles. The zero-order valence-corrected chi connectivity index (χ0v) is 14.0. The first-order valence-electron chi connectivity index (χ1n) is 8.27. The van der Waals surface area contributed by atoms with E-state index in [9.17, 15) is 13.2 Å². The Balaban J connectivity index is 1.88. The molecule has 0 bridgehead atoms. The average molecular weight is 364 g/mol. The van der Waals surface area contributed by atoms with Gasteiger partial charge in [0.2, 0.25) is 0 Å². The lowest BCUT2D eigenvalue weighted by atomic mass is 9.85. The summed E-state index contributed by atoms with van der Waals surface area (Å²) < 4.78 is 51.5. The number of hydrogen-bond donors (Lipinski definition) is 1. The van der Waals surface area contributed by atoms with Gasteiger partial charge in [0, 0.05) is 31.6 Å². The molecule has 1 N–H and O–H groups in total. The second kappa shape index (κ2) is 7.50. The van der Waals surface area contributed by atoms with Crippen LogP contribution in [-0.4, -0.2) is 32.4 Å². The number of benzene rings is 1. The Kier molecular flexibility index (Phi) is 5.57. The predicted octanol–water partition coefficient (Wildman–Crippen LogP) is 4.14. The maximum Gasteiger partial charge on any atom is 0.421 e. The molecule has 2 atom stereocenters. The summed E-state index contributed by atoms with van der Waals surface area (Å²) in [7, 11) is 0. The van der Waals surface area contributed by atoms with Gasteiger partial charge in [0.05, 0.1) is 5.02 Å². The molecule has 0 aromatic heterocycles. The molecule has 134 valence electrons. The third kappa shape index (κ3) is 3.98. The topological polar surface area (TPSA) is 30.5 Å². The van der Waals surface area contributed by atoms with Crippen LogP contribution in [0.3, 0.4) is 0 Å². The van der Waals surface area contributed by atoms with Crippen molar-refractivity contribution in [3.63, 3.8) is 0 Å². The highest BCUT2D eigenvalue weighted by Crippen LogP contribution is 2.42. The molecule has 3 rings (SSSR count). The number of ether oxygens (including phenoxy) is 2. The first kappa shape index (κ1) is 17.8. The molecule has 2 aliphatic rings. The molecule has 0 saturated carbocycles. The summed E-state index contributed by atoms with van der Waals surface area (Å²) in [4.78, 5) is 0. The van der Waals surface area contributed by atoms with Gasteiger partial charge >= 0.3 is 6.18 Å². The first-order valence-corrected chi connectivity index (χ1v) is 8.65. The molecule has 7 heteroatoms. The zero-order valence-electron chi connectivity index (χ0n) is 13.2. The molecule has 2 fully saturated rings. The molecule has 1 aromatic carbocycles. The Bertz CT molecular complexity index is 555. The van der Waals surface area contributed by atoms with E-state index >= 15 is 0 Å². The summed E-state index contributed by atoms with van der Waals surface area (Å²) in [5.41, 5.74) is -0.880. The molecule has 24 heavy (non-hydrogen) atoms. The van der Waals surface area contributed by atoms with E-state index in [0.29, 0.717) is 13.2 Å². The van der Waals surface area contributed by atoms with Crippen molar-refractivity contribution in [3.8, 4) is 5.75 Å². The van der Waals surface area contributed by atoms with Crippen molar-refractivity contribution in [1.82, 2.24) is 5.32 Å². The van der Waals surface area contributed by atoms with Crippen molar-refractivity contribution in [3.05, 3.63) is 28.8 Å². The SMILES string of the molecule is FC(F)(F)c1c(Cl)cccc1O[C@H](C1CCOCC1)[C@@H]1CCNC1. The quantitative estimate of drug-likeness (QED) is 0.872. The number of alkyl halides is 3. The maximum atomic E-state index is 13.4. The van der Waals surface area contributed by atoms with E-state index in [1.807, 2.05) is 0 Å². The minimum Gasteiger partial charge on any atom is -0.489 e. The van der Waals surface area contributed by atoms with Crippen LogP contribution in [0.25, 0.3) is 0 Å². The predicted molar refractivity (Wildman–Crippen MR) is 85.4 cm³/mol. The lowest BCUT2D eigenvalue weighted by Gasteiger charge is -2.35. The molecular formula is C17H21ClF3NO2. The number of hydrogen-bond acceptors (Lipinski definition) is 3. The van der Waals surface area contributed by atoms with Crippen LogP contribution in [0.1, 0.15) is 24.8 Å². The molecule has 0 unspecified atom stereocenters. The van der Waals surface area contributed by atoms with Crippen LogP contribution in [0.4, 0.5) is 13.2 Å². The summed E-state index contributed by atoms with van der Waals surface area (Å²) in [6.45, 7) is 2.90. The maximum absolute atomic E-state index is 13.4. The second-order valence-corrected chi connectivity index (χ2v) is 6.80. The van der Waals surface area contributed by atoms with Gasteiger partial charge in [0.25, 0.3) is 0 Å². The largest absolute Gasteiger partial charge is 0.489 e. The second-order valence-electron chi connectivity index (χ2n) is 6.40. The molecule has 2 aliphatic heterocycles. The van der Waals surface area contributed by atoms with Crippen LogP contribution in [0.5, 0.6) is 5.75 Å². The fraction of sp³-hybridized carbons (Fsp3) is 0.647. The molecule has 1 aromatic rings. The molecule has 0 aliphatic carbocycles. The van der Waals surface area contributed by atoms with E-state index < -0.39 is 11.7 Å². The van der Waals surface area contributed by atoms with Crippen molar-refractivity contribution in [2.75, 3.05) is 26.3 Å². The van der Waals surface area contributed by atoms with Crippen LogP contribution < -0.4 is 10.1 Å². The third-order valence-corrected chi connectivity index (χ3v) is 5.13. The van der Waals surface area contributed by atoms with E-state index in [1.165, 1.54) is 18.2 Å². The van der Waals surface area contributed by atoms with E-state index in [0.717, 1.165) is 32.4 Å². The zero-order chi connectivity index (χ0) is 17.2. The summed E-state index contributed by atoms with van der Waals surface area (Å²) in [6, 6.07) is 4.11. The number of halogens is 4. The van der Waals surface area contributed by atoms with Crippen molar-refractivity contribution in [2.24, 2.45) is 11.8 Å². The average Bonchev–Trinajstić information content (AvgIpc) is 3.06. The van der Waals surface area contributed by atoms with E-state index in [-0.39, 0.29) is 28.7 Å². The van der Waals surface area contributed by atoms with Gasteiger partial charge in [-0.05, 0) is 37.9 Å². The van der Waals surface area contributed by atoms with Crippen LogP contribution in [0.15, 0.2) is 18.2 Å². The summed E-state index contributed by atoms with van der Waals surface area (Å²) >= 11 is 5.81. The fourth-order valence-electron chi connectivity index (χ4n) is 3.60. The van der Waals surface area contributed by atoms with Gasteiger partial charge in [-0.25, -0.2) is 0 Å². The molecule has 2 saturated heterocycles. The fourth-order valence-corrected chi connectivity index (χ4v) is 3.88. The summed E-state index contributed by atoms with van der Waals surface area (Å²) in [5, 5.41) is 2.95. The molecule has 0 amide bonds. The first-order chi connectivity index (χ1) is 11.5. The Hall–Kier alpha value is -0.980. The third-order valence-electron chi connectivity index (χ3n) is 4.82. The molecule has 0 spiro atoms. The monoisotopic (exact) mass is 363 g/mol. The Labute approximate surface area is 144 Å². The van der Waals surface area contributed by atoms with Crippen molar-refractivity contribution in [2.45, 2.75) is 31.5 Å². The van der Waals surface area contributed by atoms with Gasteiger partial charge in [-0.15, -0.1) is 0 Å². The van der Waals surface area contributed by atoms with Crippen LogP contribution >= 0.6 is 11.6 Å². The lowest BCUT2D eigenvalue weighted by Crippen LogP contribution is -2.39. The minimum atomic E-state index is -4.54. The van der Waals surface area contributed by atoms with Crippen LogP contribution in [0.2, 0.25) is 5.02 Å². The van der Waals surface area contributed by atoms with Gasteiger partial charge in [-0.1, -0.05) is 17.7 Å². The van der Waals surface area contributed by atoms with Crippen LogP contribution in [-0.2, 0) is 10.9 Å².